The first-order valence-corrected chi connectivity index (χ1v) is 10.7. The Kier molecular flexibility index (Phi) is 5.54. The molecule has 31 heavy (non-hydrogen) atoms. The first-order valence-electron chi connectivity index (χ1n) is 9.99. The average Bonchev–Trinajstić information content (AvgIpc) is 3.42. The topological polar surface area (TPSA) is 76.0 Å². The van der Waals surface area contributed by atoms with E-state index < -0.39 is 6.10 Å². The monoisotopic (exact) mass is 454 g/mol. The molecule has 0 aliphatic carbocycles. The number of halogens is 2. The maximum absolute atomic E-state index is 10.2. The number of pyridine rings is 1. The summed E-state index contributed by atoms with van der Waals surface area (Å²) < 4.78 is 7.14. The normalized spacial score (nSPS) is 19.5. The van der Waals surface area contributed by atoms with Crippen LogP contribution >= 0.6 is 23.2 Å². The summed E-state index contributed by atoms with van der Waals surface area (Å²) in [7, 11) is 0. The first-order chi connectivity index (χ1) is 15.1. The van der Waals surface area contributed by atoms with Gasteiger partial charge in [-0.25, -0.2) is 4.98 Å². The van der Waals surface area contributed by atoms with Crippen LogP contribution in [0.2, 0.25) is 10.0 Å². The van der Waals surface area contributed by atoms with E-state index in [9.17, 15) is 5.11 Å². The second-order valence-corrected chi connectivity index (χ2v) is 8.41. The molecule has 1 aliphatic heterocycles. The molecule has 0 bridgehead atoms. The van der Waals surface area contributed by atoms with Gasteiger partial charge in [-0.1, -0.05) is 35.4 Å². The molecule has 1 fully saturated rings. The van der Waals surface area contributed by atoms with E-state index >= 15 is 0 Å². The van der Waals surface area contributed by atoms with Crippen molar-refractivity contribution in [2.75, 3.05) is 13.2 Å². The van der Waals surface area contributed by atoms with E-state index in [-0.39, 0.29) is 6.04 Å². The SMILES string of the molecule is OC1COCCC1n1cc(-c2cnc3[nH]cc(/C=C/c4cc(Cl)ccc4Cl)c3c2)cn1. The molecule has 0 saturated carbocycles. The Morgan fingerprint density at radius 1 is 1.13 bits per heavy atom. The standard InChI is InChI=1S/C23H20Cl2N4O2/c24-18-3-4-20(25)14(7-18)1-2-15-9-26-23-19(15)8-16(10-27-23)17-11-28-29(12-17)21-5-6-31-13-22(21)30/h1-4,7-12,21-22,30H,5-6,13H2,(H,26,27)/b2-1+. The van der Waals surface area contributed by atoms with Crippen LogP contribution in [0.5, 0.6) is 0 Å². The summed E-state index contributed by atoms with van der Waals surface area (Å²) in [5.74, 6) is 0. The number of nitrogens with one attached hydrogen (secondary N) is 1. The van der Waals surface area contributed by atoms with Crippen molar-refractivity contribution in [2.24, 2.45) is 0 Å². The molecular weight excluding hydrogens is 435 g/mol. The highest BCUT2D eigenvalue weighted by molar-refractivity contribution is 6.34. The van der Waals surface area contributed by atoms with E-state index in [1.54, 1.807) is 18.3 Å². The Bertz CT molecular complexity index is 1260. The Morgan fingerprint density at radius 2 is 2.00 bits per heavy atom. The van der Waals surface area contributed by atoms with Crippen LogP contribution in [0, 0.1) is 0 Å². The Hall–Kier alpha value is -2.64. The molecule has 1 aromatic carbocycles. The lowest BCUT2D eigenvalue weighted by Gasteiger charge is -2.27. The van der Waals surface area contributed by atoms with Crippen LogP contribution in [0.4, 0.5) is 0 Å². The van der Waals surface area contributed by atoms with E-state index in [4.69, 9.17) is 27.9 Å². The second-order valence-electron chi connectivity index (χ2n) is 7.57. The van der Waals surface area contributed by atoms with Crippen molar-refractivity contribution >= 4 is 46.4 Å². The quantitative estimate of drug-likeness (QED) is 0.442. The van der Waals surface area contributed by atoms with Gasteiger partial charge in [0.15, 0.2) is 0 Å². The van der Waals surface area contributed by atoms with Gasteiger partial charge >= 0.3 is 0 Å². The third-order valence-corrected chi connectivity index (χ3v) is 6.11. The number of ether oxygens (including phenoxy) is 1. The summed E-state index contributed by atoms with van der Waals surface area (Å²) in [5, 5.41) is 17.0. The molecule has 6 nitrogen and oxygen atoms in total. The predicted octanol–water partition coefficient (Wildman–Crippen LogP) is 5.23. The van der Waals surface area contributed by atoms with Gasteiger partial charge in [-0.2, -0.15) is 5.10 Å². The highest BCUT2D eigenvalue weighted by Crippen LogP contribution is 2.29. The molecule has 1 aliphatic rings. The molecule has 5 rings (SSSR count). The van der Waals surface area contributed by atoms with Gasteiger partial charge in [0, 0.05) is 57.3 Å². The van der Waals surface area contributed by atoms with E-state index in [1.807, 2.05) is 41.5 Å². The van der Waals surface area contributed by atoms with Crippen LogP contribution in [0.1, 0.15) is 23.6 Å². The minimum atomic E-state index is -0.554. The van der Waals surface area contributed by atoms with Gasteiger partial charge in [-0.15, -0.1) is 0 Å². The van der Waals surface area contributed by atoms with E-state index in [2.05, 4.69) is 21.1 Å². The summed E-state index contributed by atoms with van der Waals surface area (Å²) in [6.45, 7) is 0.961. The number of nitrogens with zero attached hydrogens (tertiary/aromatic N) is 3. The number of aliphatic hydroxyl groups excluding tert-OH is 1. The zero-order chi connectivity index (χ0) is 21.4. The van der Waals surface area contributed by atoms with Crippen molar-refractivity contribution < 1.29 is 9.84 Å². The lowest BCUT2D eigenvalue weighted by Crippen LogP contribution is -2.34. The van der Waals surface area contributed by atoms with Crippen LogP contribution in [0.25, 0.3) is 34.3 Å². The van der Waals surface area contributed by atoms with Gasteiger partial charge in [-0.05, 0) is 36.2 Å². The number of aromatic amines is 1. The highest BCUT2D eigenvalue weighted by Gasteiger charge is 2.26. The second kappa shape index (κ2) is 8.48. The van der Waals surface area contributed by atoms with E-state index in [0.717, 1.165) is 39.7 Å². The molecule has 2 N–H and O–H groups in total. The van der Waals surface area contributed by atoms with E-state index in [1.165, 1.54) is 0 Å². The number of hydrogen-bond acceptors (Lipinski definition) is 4. The minimum absolute atomic E-state index is 0.0765. The van der Waals surface area contributed by atoms with Crippen molar-refractivity contribution in [3.05, 3.63) is 70.2 Å². The zero-order valence-electron chi connectivity index (χ0n) is 16.5. The molecule has 8 heteroatoms. The van der Waals surface area contributed by atoms with Crippen molar-refractivity contribution in [1.29, 1.82) is 0 Å². The van der Waals surface area contributed by atoms with Crippen molar-refractivity contribution in [1.82, 2.24) is 19.7 Å². The molecule has 0 spiro atoms. The molecule has 4 aromatic rings. The van der Waals surface area contributed by atoms with Gasteiger partial charge in [0.2, 0.25) is 0 Å². The molecule has 4 heterocycles. The predicted molar refractivity (Wildman–Crippen MR) is 123 cm³/mol. The molecule has 3 aromatic heterocycles. The number of hydrogen-bond donors (Lipinski definition) is 2. The molecule has 1 saturated heterocycles. The van der Waals surface area contributed by atoms with Gasteiger partial charge in [-0.3, -0.25) is 4.68 Å². The van der Waals surface area contributed by atoms with Crippen LogP contribution in [0.15, 0.2) is 49.1 Å². The molecule has 0 radical (unpaired) electrons. The van der Waals surface area contributed by atoms with Crippen molar-refractivity contribution in [3.8, 4) is 11.1 Å². The lowest BCUT2D eigenvalue weighted by molar-refractivity contribution is -0.0416. The molecule has 2 atom stereocenters. The Balaban J connectivity index is 1.45. The summed E-state index contributed by atoms with van der Waals surface area (Å²) in [5.41, 5.74) is 4.54. The summed E-state index contributed by atoms with van der Waals surface area (Å²) in [4.78, 5) is 7.76. The number of rotatable bonds is 4. The smallest absolute Gasteiger partial charge is 0.137 e. The average molecular weight is 455 g/mol. The van der Waals surface area contributed by atoms with Gasteiger partial charge < -0.3 is 14.8 Å². The fourth-order valence-corrected chi connectivity index (χ4v) is 4.19. The number of aromatic nitrogens is 4. The summed E-state index contributed by atoms with van der Waals surface area (Å²) >= 11 is 12.4. The van der Waals surface area contributed by atoms with Crippen LogP contribution in [-0.2, 0) is 4.74 Å². The van der Waals surface area contributed by atoms with Gasteiger partial charge in [0.25, 0.3) is 0 Å². The third-order valence-electron chi connectivity index (χ3n) is 5.53. The fourth-order valence-electron chi connectivity index (χ4n) is 3.83. The highest BCUT2D eigenvalue weighted by atomic mass is 35.5. The summed E-state index contributed by atoms with van der Waals surface area (Å²) in [6.07, 6.45) is 11.6. The molecule has 2 unspecified atom stereocenters. The Labute approximate surface area is 189 Å². The van der Waals surface area contributed by atoms with Gasteiger partial charge in [0.05, 0.1) is 24.9 Å². The first kappa shape index (κ1) is 20.3. The maximum Gasteiger partial charge on any atom is 0.137 e. The molecule has 0 amide bonds. The Morgan fingerprint density at radius 3 is 2.87 bits per heavy atom. The summed E-state index contributed by atoms with van der Waals surface area (Å²) in [6, 6.07) is 7.39. The zero-order valence-corrected chi connectivity index (χ0v) is 18.0. The van der Waals surface area contributed by atoms with Crippen molar-refractivity contribution in [2.45, 2.75) is 18.6 Å². The fraction of sp³-hybridized carbons (Fsp3) is 0.217. The maximum atomic E-state index is 10.2. The third kappa shape index (κ3) is 4.12. The van der Waals surface area contributed by atoms with Crippen LogP contribution in [-0.4, -0.2) is 44.2 Å². The number of aliphatic hydroxyl groups is 1. The number of H-pyrrole nitrogens is 1. The molecule has 158 valence electrons. The van der Waals surface area contributed by atoms with Crippen LogP contribution in [0.3, 0.4) is 0 Å². The number of fused-ring (bicyclic) bond motifs is 1. The van der Waals surface area contributed by atoms with Crippen LogP contribution < -0.4 is 0 Å². The number of benzene rings is 1. The van der Waals surface area contributed by atoms with Crippen molar-refractivity contribution in [3.63, 3.8) is 0 Å². The lowest BCUT2D eigenvalue weighted by atomic mass is 10.1. The van der Waals surface area contributed by atoms with Gasteiger partial charge in [0.1, 0.15) is 5.65 Å². The molecular formula is C23H20Cl2N4O2. The largest absolute Gasteiger partial charge is 0.388 e. The van der Waals surface area contributed by atoms with E-state index in [0.29, 0.717) is 23.3 Å². The minimum Gasteiger partial charge on any atom is -0.388 e.